The molecule has 0 aliphatic carbocycles. The molecule has 3 aromatic rings. The Morgan fingerprint density at radius 3 is 2.35 bits per heavy atom. The minimum atomic E-state index is -6.11. The summed E-state index contributed by atoms with van der Waals surface area (Å²) in [6.45, 7) is -1.17. The molecule has 0 radical (unpaired) electrons. The molecule has 0 spiro atoms. The molecule has 1 saturated heterocycles. The van der Waals surface area contributed by atoms with Crippen molar-refractivity contribution in [1.29, 1.82) is 0 Å². The summed E-state index contributed by atoms with van der Waals surface area (Å²) in [5.74, 6) is -11.1. The number of halogens is 8. The zero-order valence-corrected chi connectivity index (χ0v) is 20.1. The van der Waals surface area contributed by atoms with Crippen LogP contribution in [0, 0.1) is 5.82 Å². The largest absolute Gasteiger partial charge is 0.463 e. The fourth-order valence-corrected chi connectivity index (χ4v) is 5.01. The van der Waals surface area contributed by atoms with Gasteiger partial charge >= 0.3 is 24.4 Å². The van der Waals surface area contributed by atoms with Gasteiger partial charge < -0.3 is 14.2 Å². The minimum absolute atomic E-state index is 0.0827. The van der Waals surface area contributed by atoms with Gasteiger partial charge in [-0.1, -0.05) is 18.2 Å². The van der Waals surface area contributed by atoms with Gasteiger partial charge in [0, 0.05) is 36.7 Å². The highest BCUT2D eigenvalue weighted by Crippen LogP contribution is 2.41. The summed E-state index contributed by atoms with van der Waals surface area (Å²) in [6.07, 6.45) is -9.21. The maximum Gasteiger partial charge on any atom is 0.463 e. The average Bonchev–Trinajstić information content (AvgIpc) is 3.53. The molecular weight excluding hydrogens is 556 g/mol. The van der Waals surface area contributed by atoms with Crippen LogP contribution in [0.5, 0.6) is 0 Å². The SMILES string of the molecule is O=C1c2cc(-c3nnc(C(F)F)o3)ccc2CN1C1CN(C(=O)C(F)(F)C(F)(F)F)CCC1c1ccc(F)cc1. The van der Waals surface area contributed by atoms with E-state index in [4.69, 9.17) is 4.42 Å². The van der Waals surface area contributed by atoms with Gasteiger partial charge in [-0.05, 0) is 41.8 Å². The van der Waals surface area contributed by atoms with Crippen LogP contribution in [0.2, 0.25) is 0 Å². The highest BCUT2D eigenvalue weighted by Gasteiger charge is 2.65. The van der Waals surface area contributed by atoms with E-state index in [1.54, 1.807) is 0 Å². The predicted octanol–water partition coefficient (Wildman–Crippen LogP) is 5.35. The first-order chi connectivity index (χ1) is 18.8. The molecule has 2 aliphatic rings. The Morgan fingerprint density at radius 1 is 1.02 bits per heavy atom. The number of carbonyl (C=O) groups excluding carboxylic acids is 2. The van der Waals surface area contributed by atoms with Gasteiger partial charge in [-0.3, -0.25) is 9.59 Å². The van der Waals surface area contributed by atoms with Gasteiger partial charge in [0.2, 0.25) is 5.89 Å². The fraction of sp³-hybridized carbons (Fsp3) is 0.360. The van der Waals surface area contributed by atoms with Gasteiger partial charge in [-0.15, -0.1) is 10.2 Å². The molecule has 3 heterocycles. The van der Waals surface area contributed by atoms with Crippen molar-refractivity contribution in [3.63, 3.8) is 0 Å². The van der Waals surface area contributed by atoms with E-state index in [0.29, 0.717) is 16.0 Å². The molecule has 2 aromatic carbocycles. The van der Waals surface area contributed by atoms with Crippen molar-refractivity contribution in [2.75, 3.05) is 13.1 Å². The second-order valence-electron chi connectivity index (χ2n) is 9.39. The Balaban J connectivity index is 1.47. The Bertz CT molecular complexity index is 1440. The number of benzene rings is 2. The average molecular weight is 574 g/mol. The number of likely N-dealkylation sites (tertiary alicyclic amines) is 1. The molecule has 0 bridgehead atoms. The first-order valence-corrected chi connectivity index (χ1v) is 11.8. The van der Waals surface area contributed by atoms with E-state index in [2.05, 4.69) is 10.2 Å². The van der Waals surface area contributed by atoms with Gasteiger partial charge in [0.15, 0.2) is 0 Å². The third-order valence-electron chi connectivity index (χ3n) is 7.01. The molecule has 0 saturated carbocycles. The van der Waals surface area contributed by atoms with Gasteiger partial charge in [0.25, 0.3) is 11.8 Å². The standard InChI is InChI=1S/C25H18F8N4O3/c26-15-5-3-12(4-6-15)16-7-8-36(23(39)24(29,30)25(31,32)33)11-18(16)37-10-14-2-1-13(9-17(14)22(37)38)20-34-35-21(40-20)19(27)28/h1-6,9,16,18-19H,7-8,10-11H2. The molecule has 40 heavy (non-hydrogen) atoms. The van der Waals surface area contributed by atoms with Gasteiger partial charge in [-0.2, -0.15) is 30.7 Å². The number of hydrogen-bond donors (Lipinski definition) is 0. The number of piperidine rings is 1. The summed E-state index contributed by atoms with van der Waals surface area (Å²) >= 11 is 0. The number of nitrogens with zero attached hydrogens (tertiary/aromatic N) is 4. The predicted molar refractivity (Wildman–Crippen MR) is 120 cm³/mol. The summed E-state index contributed by atoms with van der Waals surface area (Å²) in [6, 6.07) is 8.31. The first-order valence-electron chi connectivity index (χ1n) is 11.8. The van der Waals surface area contributed by atoms with Crippen molar-refractivity contribution in [2.24, 2.45) is 0 Å². The van der Waals surface area contributed by atoms with Crippen LogP contribution in [0.25, 0.3) is 11.5 Å². The lowest BCUT2D eigenvalue weighted by Gasteiger charge is -2.43. The Labute approximate surface area is 220 Å². The topological polar surface area (TPSA) is 79.5 Å². The third-order valence-corrected chi connectivity index (χ3v) is 7.01. The molecule has 2 amide bonds. The second-order valence-corrected chi connectivity index (χ2v) is 9.39. The van der Waals surface area contributed by atoms with Crippen molar-refractivity contribution < 1.29 is 49.1 Å². The highest BCUT2D eigenvalue weighted by molar-refractivity contribution is 5.99. The first kappa shape index (κ1) is 27.5. The number of hydrogen-bond acceptors (Lipinski definition) is 5. The second kappa shape index (κ2) is 9.86. The lowest BCUT2D eigenvalue weighted by molar-refractivity contribution is -0.275. The zero-order valence-electron chi connectivity index (χ0n) is 20.1. The van der Waals surface area contributed by atoms with E-state index >= 15 is 0 Å². The van der Waals surface area contributed by atoms with Crippen molar-refractivity contribution >= 4 is 11.8 Å². The molecule has 7 nitrogen and oxygen atoms in total. The van der Waals surface area contributed by atoms with Crippen molar-refractivity contribution in [1.82, 2.24) is 20.0 Å². The smallest absolute Gasteiger partial charge is 0.415 e. The van der Waals surface area contributed by atoms with Crippen LogP contribution in [-0.2, 0) is 11.3 Å². The Morgan fingerprint density at radius 2 is 1.73 bits per heavy atom. The Kier molecular flexibility index (Phi) is 6.78. The lowest BCUT2D eigenvalue weighted by Crippen LogP contribution is -2.59. The molecule has 0 N–H and O–H groups in total. The number of aromatic nitrogens is 2. The van der Waals surface area contributed by atoms with Gasteiger partial charge in [-0.25, -0.2) is 4.39 Å². The van der Waals surface area contributed by atoms with Gasteiger partial charge in [0.1, 0.15) is 5.82 Å². The molecule has 5 rings (SSSR count). The van der Waals surface area contributed by atoms with Crippen LogP contribution in [0.15, 0.2) is 46.9 Å². The summed E-state index contributed by atoms with van der Waals surface area (Å²) < 4.78 is 111. The van der Waals surface area contributed by atoms with Crippen LogP contribution in [0.4, 0.5) is 35.1 Å². The van der Waals surface area contributed by atoms with Crippen LogP contribution in [-0.4, -0.2) is 63.0 Å². The zero-order chi connectivity index (χ0) is 29.0. The highest BCUT2D eigenvalue weighted by atomic mass is 19.4. The third kappa shape index (κ3) is 4.77. The number of carbonyl (C=O) groups is 2. The van der Waals surface area contributed by atoms with Crippen molar-refractivity contribution in [3.05, 3.63) is 70.9 Å². The lowest BCUT2D eigenvalue weighted by atomic mass is 9.84. The Hall–Kier alpha value is -4.04. The summed E-state index contributed by atoms with van der Waals surface area (Å²) in [7, 11) is 0. The summed E-state index contributed by atoms with van der Waals surface area (Å²) in [4.78, 5) is 27.4. The van der Waals surface area contributed by atoms with Crippen LogP contribution in [0.1, 0.15) is 46.1 Å². The molecule has 2 atom stereocenters. The van der Waals surface area contributed by atoms with Crippen LogP contribution >= 0.6 is 0 Å². The van der Waals surface area contributed by atoms with E-state index < -0.39 is 67.1 Å². The minimum Gasteiger partial charge on any atom is -0.415 e. The maximum absolute atomic E-state index is 13.9. The quantitative estimate of drug-likeness (QED) is 0.384. The maximum atomic E-state index is 13.9. The van der Waals surface area contributed by atoms with E-state index in [-0.39, 0.29) is 30.0 Å². The summed E-state index contributed by atoms with van der Waals surface area (Å²) in [5.41, 5.74) is 1.19. The van der Waals surface area contributed by atoms with Crippen LogP contribution < -0.4 is 0 Å². The molecule has 1 aromatic heterocycles. The normalized spacial score (nSPS) is 19.9. The fourth-order valence-electron chi connectivity index (χ4n) is 5.01. The van der Waals surface area contributed by atoms with E-state index in [9.17, 15) is 44.7 Å². The number of amides is 2. The number of alkyl halides is 7. The van der Waals surface area contributed by atoms with Gasteiger partial charge in [0.05, 0.1) is 6.04 Å². The number of rotatable bonds is 5. The van der Waals surface area contributed by atoms with Crippen molar-refractivity contribution in [2.45, 2.75) is 43.4 Å². The van der Waals surface area contributed by atoms with E-state index in [1.165, 1.54) is 35.2 Å². The monoisotopic (exact) mass is 574 g/mol. The molecule has 15 heteroatoms. The molecule has 1 fully saturated rings. The van der Waals surface area contributed by atoms with E-state index in [0.717, 1.165) is 12.1 Å². The molecular formula is C25H18F8N4O3. The number of fused-ring (bicyclic) bond motifs is 1. The van der Waals surface area contributed by atoms with Crippen molar-refractivity contribution in [3.8, 4) is 11.5 Å². The summed E-state index contributed by atoms with van der Waals surface area (Å²) in [5, 5.41) is 6.78. The molecule has 212 valence electrons. The molecule has 2 aliphatic heterocycles. The molecule has 2 unspecified atom stereocenters. The van der Waals surface area contributed by atoms with E-state index in [1.807, 2.05) is 0 Å². The van der Waals surface area contributed by atoms with Crippen LogP contribution in [0.3, 0.4) is 0 Å².